The van der Waals surface area contributed by atoms with Crippen molar-refractivity contribution in [1.82, 2.24) is 5.32 Å². The highest BCUT2D eigenvalue weighted by Crippen LogP contribution is 2.36. The Morgan fingerprint density at radius 3 is 2.34 bits per heavy atom. The molecule has 2 aromatic carbocycles. The van der Waals surface area contributed by atoms with Crippen LogP contribution in [-0.4, -0.2) is 46.9 Å². The van der Waals surface area contributed by atoms with Crippen LogP contribution in [0.2, 0.25) is 5.02 Å². The molecule has 0 aliphatic heterocycles. The number of methoxy groups -OCH3 is 4. The van der Waals surface area contributed by atoms with Gasteiger partial charge in [-0.2, -0.15) is 0 Å². The first-order valence-electron chi connectivity index (χ1n) is 9.60. The lowest BCUT2D eigenvalue weighted by atomic mass is 10.1. The molecule has 0 aromatic heterocycles. The number of hydrogen-bond donors (Lipinski definition) is 1. The number of hydrogen-bond acceptors (Lipinski definition) is 7. The Bertz CT molecular complexity index is 991. The van der Waals surface area contributed by atoms with Gasteiger partial charge >= 0.3 is 5.97 Å². The van der Waals surface area contributed by atoms with Crippen LogP contribution in [0.25, 0.3) is 6.08 Å². The number of halogens is 1. The molecular formula is C23H26ClNO7. The summed E-state index contributed by atoms with van der Waals surface area (Å²) in [6.45, 7) is 1.35. The Labute approximate surface area is 192 Å². The number of rotatable bonds is 10. The fourth-order valence-corrected chi connectivity index (χ4v) is 3.22. The molecule has 1 atom stereocenters. The zero-order valence-corrected chi connectivity index (χ0v) is 19.3. The number of benzene rings is 2. The third-order valence-corrected chi connectivity index (χ3v) is 4.77. The van der Waals surface area contributed by atoms with Crippen molar-refractivity contribution < 1.29 is 33.3 Å². The largest absolute Gasteiger partial charge is 0.497 e. The van der Waals surface area contributed by atoms with E-state index in [0.717, 1.165) is 5.56 Å². The van der Waals surface area contributed by atoms with E-state index in [1.54, 1.807) is 51.5 Å². The molecule has 1 amide bonds. The van der Waals surface area contributed by atoms with Crippen molar-refractivity contribution in [2.45, 2.75) is 13.0 Å². The molecule has 0 radical (unpaired) electrons. The molecule has 0 spiro atoms. The van der Waals surface area contributed by atoms with E-state index in [0.29, 0.717) is 33.6 Å². The lowest BCUT2D eigenvalue weighted by molar-refractivity contribution is -0.144. The van der Waals surface area contributed by atoms with Crippen LogP contribution in [0, 0.1) is 0 Å². The molecule has 1 unspecified atom stereocenters. The monoisotopic (exact) mass is 463 g/mol. The number of amides is 1. The quantitative estimate of drug-likeness (QED) is 0.423. The van der Waals surface area contributed by atoms with Gasteiger partial charge in [0.25, 0.3) is 5.91 Å². The van der Waals surface area contributed by atoms with Crippen molar-refractivity contribution in [2.75, 3.05) is 35.0 Å². The van der Waals surface area contributed by atoms with Gasteiger partial charge in [0.15, 0.2) is 18.1 Å². The molecule has 0 saturated heterocycles. The standard InChI is InChI=1S/C23H26ClNO7/c1-14(17-12-16(28-2)7-8-19(17)29-3)25-21(26)13-32-22(27)9-6-15-10-18(24)23(31-5)20(11-15)30-4/h6-12,14H,13H2,1-5H3,(H,25,26)/b9-6+. The molecule has 32 heavy (non-hydrogen) atoms. The van der Waals surface area contributed by atoms with Crippen molar-refractivity contribution in [3.8, 4) is 23.0 Å². The van der Waals surface area contributed by atoms with Crippen molar-refractivity contribution in [3.05, 3.63) is 52.6 Å². The van der Waals surface area contributed by atoms with Crippen LogP contribution in [0.4, 0.5) is 0 Å². The summed E-state index contributed by atoms with van der Waals surface area (Å²) in [5.74, 6) is 0.915. The topological polar surface area (TPSA) is 92.3 Å². The minimum absolute atomic E-state index is 0.334. The van der Waals surface area contributed by atoms with Gasteiger partial charge in [-0.25, -0.2) is 4.79 Å². The van der Waals surface area contributed by atoms with Gasteiger partial charge in [-0.15, -0.1) is 0 Å². The Morgan fingerprint density at radius 1 is 1.00 bits per heavy atom. The molecule has 2 rings (SSSR count). The van der Waals surface area contributed by atoms with Gasteiger partial charge in [0.1, 0.15) is 11.5 Å². The number of nitrogens with one attached hydrogen (secondary N) is 1. The van der Waals surface area contributed by atoms with Gasteiger partial charge in [-0.1, -0.05) is 11.6 Å². The van der Waals surface area contributed by atoms with E-state index in [4.69, 9.17) is 35.3 Å². The van der Waals surface area contributed by atoms with Crippen molar-refractivity contribution in [1.29, 1.82) is 0 Å². The molecule has 2 aromatic rings. The first kappa shape index (κ1) is 24.9. The van der Waals surface area contributed by atoms with Crippen LogP contribution in [0.5, 0.6) is 23.0 Å². The Morgan fingerprint density at radius 2 is 1.72 bits per heavy atom. The molecule has 0 aliphatic rings. The maximum atomic E-state index is 12.2. The predicted octanol–water partition coefficient (Wildman–Crippen LogP) is 3.81. The first-order chi connectivity index (χ1) is 15.3. The van der Waals surface area contributed by atoms with E-state index in [-0.39, 0.29) is 0 Å². The van der Waals surface area contributed by atoms with E-state index < -0.39 is 24.5 Å². The zero-order valence-electron chi connectivity index (χ0n) is 18.6. The molecule has 0 bridgehead atoms. The summed E-state index contributed by atoms with van der Waals surface area (Å²) >= 11 is 6.15. The third-order valence-electron chi connectivity index (χ3n) is 4.49. The average molecular weight is 464 g/mol. The number of carbonyl (C=O) groups is 2. The fraction of sp³-hybridized carbons (Fsp3) is 0.304. The summed E-state index contributed by atoms with van der Waals surface area (Å²) in [6.07, 6.45) is 2.69. The second-order valence-electron chi connectivity index (χ2n) is 6.58. The normalized spacial score (nSPS) is 11.6. The molecule has 1 N–H and O–H groups in total. The molecule has 8 nitrogen and oxygen atoms in total. The van der Waals surface area contributed by atoms with E-state index in [2.05, 4.69) is 5.32 Å². The zero-order chi connectivity index (χ0) is 23.7. The second-order valence-corrected chi connectivity index (χ2v) is 6.98. The molecule has 172 valence electrons. The molecule has 0 fully saturated rings. The number of carbonyl (C=O) groups excluding carboxylic acids is 2. The van der Waals surface area contributed by atoms with E-state index in [9.17, 15) is 9.59 Å². The molecule has 0 saturated carbocycles. The molecule has 0 heterocycles. The highest BCUT2D eigenvalue weighted by Gasteiger charge is 2.16. The van der Waals surface area contributed by atoms with Gasteiger partial charge in [-0.3, -0.25) is 4.79 Å². The van der Waals surface area contributed by atoms with Crippen molar-refractivity contribution in [3.63, 3.8) is 0 Å². The van der Waals surface area contributed by atoms with Crippen molar-refractivity contribution >= 4 is 29.6 Å². The minimum Gasteiger partial charge on any atom is -0.497 e. The SMILES string of the molecule is COc1ccc(OC)c(C(C)NC(=O)COC(=O)/C=C/c2cc(Cl)c(OC)c(OC)c2)c1. The summed E-state index contributed by atoms with van der Waals surface area (Å²) in [6, 6.07) is 8.16. The van der Waals surface area contributed by atoms with Crippen LogP contribution in [0.1, 0.15) is 24.1 Å². The molecule has 9 heteroatoms. The van der Waals surface area contributed by atoms with Crippen LogP contribution >= 0.6 is 11.6 Å². The Balaban J connectivity index is 1.95. The van der Waals surface area contributed by atoms with E-state index >= 15 is 0 Å². The van der Waals surface area contributed by atoms with Crippen molar-refractivity contribution in [2.24, 2.45) is 0 Å². The first-order valence-corrected chi connectivity index (χ1v) is 9.98. The average Bonchev–Trinajstić information content (AvgIpc) is 2.80. The summed E-state index contributed by atoms with van der Waals surface area (Å²) < 4.78 is 26.0. The smallest absolute Gasteiger partial charge is 0.331 e. The summed E-state index contributed by atoms with van der Waals surface area (Å²) in [7, 11) is 6.06. The fourth-order valence-electron chi connectivity index (χ4n) is 2.92. The van der Waals surface area contributed by atoms with Crippen LogP contribution in [0.3, 0.4) is 0 Å². The van der Waals surface area contributed by atoms with Gasteiger partial charge in [0.05, 0.1) is 39.5 Å². The van der Waals surface area contributed by atoms with Gasteiger partial charge in [0, 0.05) is 11.6 Å². The summed E-state index contributed by atoms with van der Waals surface area (Å²) in [4.78, 5) is 24.2. The highest BCUT2D eigenvalue weighted by molar-refractivity contribution is 6.32. The number of esters is 1. The van der Waals surface area contributed by atoms with Crippen LogP contribution in [0.15, 0.2) is 36.4 Å². The predicted molar refractivity (Wildman–Crippen MR) is 121 cm³/mol. The Kier molecular flexibility index (Phi) is 9.22. The van der Waals surface area contributed by atoms with E-state index in [1.165, 1.54) is 26.4 Å². The maximum absolute atomic E-state index is 12.2. The van der Waals surface area contributed by atoms with Gasteiger partial charge in [-0.05, 0) is 48.9 Å². The second kappa shape index (κ2) is 11.9. The minimum atomic E-state index is -0.683. The number of ether oxygens (including phenoxy) is 5. The lowest BCUT2D eigenvalue weighted by Crippen LogP contribution is -2.31. The van der Waals surface area contributed by atoms with Gasteiger partial charge in [0.2, 0.25) is 0 Å². The van der Waals surface area contributed by atoms with Crippen LogP contribution in [-0.2, 0) is 14.3 Å². The maximum Gasteiger partial charge on any atom is 0.331 e. The summed E-state index contributed by atoms with van der Waals surface area (Å²) in [5, 5.41) is 3.10. The Hall–Kier alpha value is -3.39. The molecule has 0 aliphatic carbocycles. The highest BCUT2D eigenvalue weighted by atomic mass is 35.5. The third kappa shape index (κ3) is 6.55. The van der Waals surface area contributed by atoms with Crippen LogP contribution < -0.4 is 24.3 Å². The van der Waals surface area contributed by atoms with E-state index in [1.807, 2.05) is 0 Å². The summed E-state index contributed by atoms with van der Waals surface area (Å²) in [5.41, 5.74) is 1.34. The van der Waals surface area contributed by atoms with Gasteiger partial charge < -0.3 is 29.0 Å². The lowest BCUT2D eigenvalue weighted by Gasteiger charge is -2.18. The molecular weight excluding hydrogens is 438 g/mol.